The minimum absolute atomic E-state index is 0.144. The van der Waals surface area contributed by atoms with Crippen molar-refractivity contribution in [3.05, 3.63) is 66.6 Å². The molecule has 0 bridgehead atoms. The number of hydrogen-bond acceptors (Lipinski definition) is 4. The SMILES string of the molecule is COc1cccc(NC(=O)N2CCN(c3nc4cc(F)ccc4n4cccc34)CC2)c1. The van der Waals surface area contributed by atoms with E-state index in [2.05, 4.69) is 10.2 Å². The van der Waals surface area contributed by atoms with E-state index in [1.165, 1.54) is 12.1 Å². The number of benzene rings is 2. The maximum atomic E-state index is 13.8. The fourth-order valence-electron chi connectivity index (χ4n) is 3.99. The third-order valence-electron chi connectivity index (χ3n) is 5.59. The molecule has 1 fully saturated rings. The average molecular weight is 419 g/mol. The molecule has 0 atom stereocenters. The molecule has 1 aliphatic heterocycles. The van der Waals surface area contributed by atoms with E-state index in [4.69, 9.17) is 9.72 Å². The quantitative estimate of drug-likeness (QED) is 0.546. The van der Waals surface area contributed by atoms with Crippen LogP contribution in [0, 0.1) is 5.82 Å². The third kappa shape index (κ3) is 3.61. The fourth-order valence-corrected chi connectivity index (χ4v) is 3.99. The Balaban J connectivity index is 1.33. The number of halogens is 1. The number of fused-ring (bicyclic) bond motifs is 3. The summed E-state index contributed by atoms with van der Waals surface area (Å²) in [5.41, 5.74) is 3.13. The van der Waals surface area contributed by atoms with Crippen molar-refractivity contribution < 1.29 is 13.9 Å². The number of hydrogen-bond donors (Lipinski definition) is 1. The standard InChI is InChI=1S/C23H22FN5O2/c1-31-18-5-2-4-17(15-18)25-23(30)28-12-10-27(11-13-28)22-21-6-3-9-29(21)20-8-7-16(24)14-19(20)26-22/h2-9,14-15H,10-13H2,1H3,(H,25,30). The van der Waals surface area contributed by atoms with Gasteiger partial charge in [0.05, 0.1) is 23.7 Å². The molecular formula is C23H22FN5O2. The second-order valence-corrected chi connectivity index (χ2v) is 7.47. The van der Waals surface area contributed by atoms with Gasteiger partial charge in [0.15, 0.2) is 5.82 Å². The minimum atomic E-state index is -0.309. The summed E-state index contributed by atoms with van der Waals surface area (Å²) in [7, 11) is 1.59. The summed E-state index contributed by atoms with van der Waals surface area (Å²) in [6, 6.07) is 15.8. The van der Waals surface area contributed by atoms with Crippen molar-refractivity contribution in [2.45, 2.75) is 0 Å². The summed E-state index contributed by atoms with van der Waals surface area (Å²) >= 11 is 0. The molecule has 2 amide bonds. The van der Waals surface area contributed by atoms with Crippen LogP contribution in [0.5, 0.6) is 5.75 Å². The van der Waals surface area contributed by atoms with Crippen molar-refractivity contribution in [1.29, 1.82) is 0 Å². The van der Waals surface area contributed by atoms with Gasteiger partial charge in [-0.1, -0.05) is 6.07 Å². The number of urea groups is 1. The van der Waals surface area contributed by atoms with Crippen LogP contribution in [-0.4, -0.2) is 53.6 Å². The number of carbonyl (C=O) groups is 1. The molecule has 31 heavy (non-hydrogen) atoms. The van der Waals surface area contributed by atoms with Gasteiger partial charge in [-0.15, -0.1) is 0 Å². The van der Waals surface area contributed by atoms with Gasteiger partial charge >= 0.3 is 6.03 Å². The number of carbonyl (C=O) groups excluding carboxylic acids is 1. The number of methoxy groups -OCH3 is 1. The number of rotatable bonds is 3. The highest BCUT2D eigenvalue weighted by Crippen LogP contribution is 2.27. The number of nitrogens with one attached hydrogen (secondary N) is 1. The maximum Gasteiger partial charge on any atom is 0.321 e. The third-order valence-corrected chi connectivity index (χ3v) is 5.59. The molecule has 8 heteroatoms. The molecule has 0 spiro atoms. The Kier molecular flexibility index (Phi) is 4.82. The first-order valence-corrected chi connectivity index (χ1v) is 10.1. The number of amides is 2. The molecule has 0 saturated carbocycles. The van der Waals surface area contributed by atoms with E-state index in [0.717, 1.165) is 16.9 Å². The lowest BCUT2D eigenvalue weighted by Gasteiger charge is -2.35. The van der Waals surface area contributed by atoms with E-state index in [9.17, 15) is 9.18 Å². The monoisotopic (exact) mass is 419 g/mol. The van der Waals surface area contributed by atoms with Crippen LogP contribution >= 0.6 is 0 Å². The minimum Gasteiger partial charge on any atom is -0.497 e. The number of piperazine rings is 1. The Morgan fingerprint density at radius 1 is 1.03 bits per heavy atom. The average Bonchev–Trinajstić information content (AvgIpc) is 3.28. The summed E-state index contributed by atoms with van der Waals surface area (Å²) in [5.74, 6) is 1.19. The molecule has 4 aromatic rings. The van der Waals surface area contributed by atoms with Gasteiger partial charge in [-0.05, 0) is 36.4 Å². The van der Waals surface area contributed by atoms with Gasteiger partial charge < -0.3 is 24.3 Å². The highest BCUT2D eigenvalue weighted by atomic mass is 19.1. The van der Waals surface area contributed by atoms with Gasteiger partial charge in [0.1, 0.15) is 11.6 Å². The normalized spacial score (nSPS) is 14.3. The van der Waals surface area contributed by atoms with Crippen LogP contribution in [0.1, 0.15) is 0 Å². The predicted octanol–water partition coefficient (Wildman–Crippen LogP) is 3.99. The number of ether oxygens (including phenoxy) is 1. The zero-order chi connectivity index (χ0) is 21.4. The maximum absolute atomic E-state index is 13.8. The Bertz CT molecular complexity index is 1260. The Morgan fingerprint density at radius 3 is 2.68 bits per heavy atom. The number of aromatic nitrogens is 2. The topological polar surface area (TPSA) is 62.1 Å². The fraction of sp³-hybridized carbons (Fsp3) is 0.217. The molecule has 1 N–H and O–H groups in total. The van der Waals surface area contributed by atoms with E-state index >= 15 is 0 Å². The first-order chi connectivity index (χ1) is 15.1. The molecule has 2 aromatic heterocycles. The van der Waals surface area contributed by atoms with E-state index in [1.807, 2.05) is 40.9 Å². The first kappa shape index (κ1) is 19.2. The highest BCUT2D eigenvalue weighted by Gasteiger charge is 2.24. The Hall–Kier alpha value is -3.81. The second kappa shape index (κ2) is 7.79. The van der Waals surface area contributed by atoms with Crippen LogP contribution in [0.4, 0.5) is 20.7 Å². The number of anilines is 2. The van der Waals surface area contributed by atoms with Crippen LogP contribution in [0.3, 0.4) is 0 Å². The van der Waals surface area contributed by atoms with Crippen molar-refractivity contribution in [1.82, 2.24) is 14.3 Å². The zero-order valence-electron chi connectivity index (χ0n) is 17.1. The van der Waals surface area contributed by atoms with Crippen LogP contribution in [0.15, 0.2) is 60.8 Å². The van der Waals surface area contributed by atoms with E-state index in [1.54, 1.807) is 24.1 Å². The van der Waals surface area contributed by atoms with Crippen LogP contribution in [0.25, 0.3) is 16.6 Å². The zero-order valence-corrected chi connectivity index (χ0v) is 17.1. The second-order valence-electron chi connectivity index (χ2n) is 7.47. The van der Waals surface area contributed by atoms with E-state index in [-0.39, 0.29) is 11.8 Å². The molecular weight excluding hydrogens is 397 g/mol. The van der Waals surface area contributed by atoms with Gasteiger partial charge in [-0.3, -0.25) is 0 Å². The molecule has 5 rings (SSSR count). The van der Waals surface area contributed by atoms with Crippen molar-refractivity contribution in [3.8, 4) is 5.75 Å². The van der Waals surface area contributed by atoms with Crippen molar-refractivity contribution in [3.63, 3.8) is 0 Å². The van der Waals surface area contributed by atoms with Gasteiger partial charge in [0.2, 0.25) is 0 Å². The van der Waals surface area contributed by atoms with E-state index < -0.39 is 0 Å². The van der Waals surface area contributed by atoms with Crippen molar-refractivity contribution in [2.24, 2.45) is 0 Å². The van der Waals surface area contributed by atoms with Crippen LogP contribution < -0.4 is 15.0 Å². The molecule has 2 aromatic carbocycles. The van der Waals surface area contributed by atoms with Gasteiger partial charge in [0.25, 0.3) is 0 Å². The molecule has 7 nitrogen and oxygen atoms in total. The summed E-state index contributed by atoms with van der Waals surface area (Å²) in [4.78, 5) is 21.4. The largest absolute Gasteiger partial charge is 0.497 e. The number of nitrogens with zero attached hydrogens (tertiary/aromatic N) is 4. The van der Waals surface area contributed by atoms with Crippen molar-refractivity contribution in [2.75, 3.05) is 43.5 Å². The molecule has 0 radical (unpaired) electrons. The van der Waals surface area contributed by atoms with Gasteiger partial charge in [-0.2, -0.15) is 0 Å². The predicted molar refractivity (Wildman–Crippen MR) is 118 cm³/mol. The Labute approximate surface area is 178 Å². The molecule has 0 unspecified atom stereocenters. The van der Waals surface area contributed by atoms with Crippen LogP contribution in [-0.2, 0) is 0 Å². The van der Waals surface area contributed by atoms with Gasteiger partial charge in [0, 0.05) is 50.2 Å². The lowest BCUT2D eigenvalue weighted by molar-refractivity contribution is 0.208. The lowest BCUT2D eigenvalue weighted by Crippen LogP contribution is -2.50. The summed E-state index contributed by atoms with van der Waals surface area (Å²) in [6.45, 7) is 2.40. The molecule has 158 valence electrons. The summed E-state index contributed by atoms with van der Waals surface area (Å²) in [6.07, 6.45) is 1.96. The summed E-state index contributed by atoms with van der Waals surface area (Å²) in [5, 5.41) is 2.92. The molecule has 3 heterocycles. The molecule has 0 aliphatic carbocycles. The molecule has 1 saturated heterocycles. The van der Waals surface area contributed by atoms with E-state index in [0.29, 0.717) is 43.1 Å². The smallest absolute Gasteiger partial charge is 0.321 e. The highest BCUT2D eigenvalue weighted by molar-refractivity contribution is 5.90. The Morgan fingerprint density at radius 2 is 1.87 bits per heavy atom. The summed E-state index contributed by atoms with van der Waals surface area (Å²) < 4.78 is 21.0. The van der Waals surface area contributed by atoms with Gasteiger partial charge in [-0.25, -0.2) is 14.2 Å². The lowest BCUT2D eigenvalue weighted by atomic mass is 10.2. The molecule has 1 aliphatic rings. The van der Waals surface area contributed by atoms with Crippen LogP contribution in [0.2, 0.25) is 0 Å². The van der Waals surface area contributed by atoms with Crippen molar-refractivity contribution >= 4 is 34.1 Å². The first-order valence-electron chi connectivity index (χ1n) is 10.1.